The molecule has 1 rings (SSSR count). The summed E-state index contributed by atoms with van der Waals surface area (Å²) in [6, 6.07) is 7.67. The van der Waals surface area contributed by atoms with Crippen molar-refractivity contribution in [3.63, 3.8) is 0 Å². The number of nitrogens with zero attached hydrogens (tertiary/aromatic N) is 1. The molecule has 0 aliphatic rings. The predicted octanol–water partition coefficient (Wildman–Crippen LogP) is 1.70. The summed E-state index contributed by atoms with van der Waals surface area (Å²) in [6.45, 7) is 2.35. The van der Waals surface area contributed by atoms with E-state index in [2.05, 4.69) is 5.32 Å². The van der Waals surface area contributed by atoms with Crippen LogP contribution < -0.4 is 11.1 Å². The van der Waals surface area contributed by atoms with Gasteiger partial charge in [-0.1, -0.05) is 0 Å². The molecule has 0 bridgehead atoms. The van der Waals surface area contributed by atoms with Crippen LogP contribution in [-0.2, 0) is 4.79 Å². The molecule has 1 aromatic carbocycles. The van der Waals surface area contributed by atoms with E-state index in [0.29, 0.717) is 18.7 Å². The van der Waals surface area contributed by atoms with Crippen LogP contribution in [0.2, 0.25) is 0 Å². The molecule has 0 fully saturated rings. The number of hydrogen-bond acceptors (Lipinski definition) is 4. The fourth-order valence-electron chi connectivity index (χ4n) is 1.20. The maximum Gasteiger partial charge on any atom is 0.230 e. The van der Waals surface area contributed by atoms with E-state index >= 15 is 0 Å². The number of carbonyl (C=O) groups excluding carboxylic acids is 1. The molecule has 1 aromatic rings. The van der Waals surface area contributed by atoms with Gasteiger partial charge in [0.2, 0.25) is 5.91 Å². The number of anilines is 1. The molecular weight excluding hydrogens is 234 g/mol. The van der Waals surface area contributed by atoms with Gasteiger partial charge in [-0.15, -0.1) is 11.8 Å². The van der Waals surface area contributed by atoms with Gasteiger partial charge in [0, 0.05) is 17.1 Å². The van der Waals surface area contributed by atoms with Crippen LogP contribution in [-0.4, -0.2) is 18.2 Å². The van der Waals surface area contributed by atoms with Crippen molar-refractivity contribution < 1.29 is 4.79 Å². The van der Waals surface area contributed by atoms with Gasteiger partial charge in [-0.2, -0.15) is 5.26 Å². The van der Waals surface area contributed by atoms with E-state index in [1.165, 1.54) is 11.8 Å². The van der Waals surface area contributed by atoms with Crippen LogP contribution in [0.4, 0.5) is 5.69 Å². The van der Waals surface area contributed by atoms with Crippen LogP contribution in [0.3, 0.4) is 0 Å². The first-order valence-electron chi connectivity index (χ1n) is 5.26. The highest BCUT2D eigenvalue weighted by atomic mass is 32.2. The summed E-state index contributed by atoms with van der Waals surface area (Å²) in [5.41, 5.74) is 7.48. The minimum Gasteiger partial charge on any atom is -0.399 e. The number of nitriles is 1. The van der Waals surface area contributed by atoms with E-state index in [4.69, 9.17) is 11.0 Å². The van der Waals surface area contributed by atoms with Gasteiger partial charge in [0.1, 0.15) is 0 Å². The van der Waals surface area contributed by atoms with E-state index in [0.717, 1.165) is 16.1 Å². The highest BCUT2D eigenvalue weighted by Gasteiger charge is 2.03. The summed E-state index contributed by atoms with van der Waals surface area (Å²) in [5.74, 6) is 0.300. The number of nitrogen functional groups attached to an aromatic ring is 1. The molecule has 5 heteroatoms. The zero-order valence-electron chi connectivity index (χ0n) is 9.69. The summed E-state index contributed by atoms with van der Waals surface area (Å²) in [4.78, 5) is 12.4. The lowest BCUT2D eigenvalue weighted by Crippen LogP contribution is -2.25. The van der Waals surface area contributed by atoms with Gasteiger partial charge in [0.25, 0.3) is 0 Å². The van der Waals surface area contributed by atoms with Crippen LogP contribution in [0.15, 0.2) is 23.1 Å². The average molecular weight is 249 g/mol. The van der Waals surface area contributed by atoms with Crippen molar-refractivity contribution in [1.82, 2.24) is 5.32 Å². The zero-order valence-corrected chi connectivity index (χ0v) is 10.5. The van der Waals surface area contributed by atoms with Gasteiger partial charge in [-0.25, -0.2) is 0 Å². The Morgan fingerprint density at radius 3 is 3.00 bits per heavy atom. The van der Waals surface area contributed by atoms with Crippen molar-refractivity contribution in [2.24, 2.45) is 0 Å². The third-order valence-electron chi connectivity index (χ3n) is 2.17. The lowest BCUT2D eigenvalue weighted by molar-refractivity contribution is -0.118. The maximum absolute atomic E-state index is 11.4. The van der Waals surface area contributed by atoms with Gasteiger partial charge in [-0.05, 0) is 30.7 Å². The smallest absolute Gasteiger partial charge is 0.230 e. The summed E-state index contributed by atoms with van der Waals surface area (Å²) in [7, 11) is 0. The molecule has 0 radical (unpaired) electrons. The molecular formula is C12H15N3OS. The fourth-order valence-corrected chi connectivity index (χ4v) is 2.02. The van der Waals surface area contributed by atoms with E-state index in [9.17, 15) is 4.79 Å². The molecule has 0 aliphatic heterocycles. The van der Waals surface area contributed by atoms with Crippen molar-refractivity contribution in [2.75, 3.05) is 18.0 Å². The standard InChI is InChI=1S/C12H15N3OS/c1-9-7-10(3-4-11(9)14)17-8-12(16)15-6-2-5-13/h3-4,7H,2,6,8,14H2,1H3,(H,15,16). The molecule has 0 aromatic heterocycles. The Balaban J connectivity index is 2.37. The number of carbonyl (C=O) groups is 1. The highest BCUT2D eigenvalue weighted by Crippen LogP contribution is 2.22. The van der Waals surface area contributed by atoms with E-state index in [1.807, 2.05) is 31.2 Å². The molecule has 1 amide bonds. The number of aryl methyl sites for hydroxylation is 1. The third kappa shape index (κ3) is 4.79. The summed E-state index contributed by atoms with van der Waals surface area (Å²) < 4.78 is 0. The lowest BCUT2D eigenvalue weighted by Gasteiger charge is -2.05. The SMILES string of the molecule is Cc1cc(SCC(=O)NCCC#N)ccc1N. The number of hydrogen-bond donors (Lipinski definition) is 2. The second kappa shape index (κ2) is 6.81. The van der Waals surface area contributed by atoms with Crippen LogP contribution in [0.25, 0.3) is 0 Å². The number of benzene rings is 1. The first-order valence-corrected chi connectivity index (χ1v) is 6.24. The summed E-state index contributed by atoms with van der Waals surface area (Å²) in [6.07, 6.45) is 0.345. The van der Waals surface area contributed by atoms with Crippen molar-refractivity contribution >= 4 is 23.4 Å². The van der Waals surface area contributed by atoms with Crippen molar-refractivity contribution in [1.29, 1.82) is 5.26 Å². The molecule has 0 aliphatic carbocycles. The Kier molecular flexibility index (Phi) is 5.37. The van der Waals surface area contributed by atoms with Gasteiger partial charge in [0.15, 0.2) is 0 Å². The lowest BCUT2D eigenvalue weighted by atomic mass is 10.2. The Bertz CT molecular complexity index is 440. The van der Waals surface area contributed by atoms with Gasteiger partial charge < -0.3 is 11.1 Å². The van der Waals surface area contributed by atoms with Gasteiger partial charge in [0.05, 0.1) is 18.2 Å². The average Bonchev–Trinajstić information content (AvgIpc) is 2.31. The van der Waals surface area contributed by atoms with Gasteiger partial charge >= 0.3 is 0 Å². The Morgan fingerprint density at radius 2 is 2.35 bits per heavy atom. The molecule has 17 heavy (non-hydrogen) atoms. The second-order valence-electron chi connectivity index (χ2n) is 3.57. The fraction of sp³-hybridized carbons (Fsp3) is 0.333. The first-order chi connectivity index (χ1) is 8.13. The molecule has 0 saturated carbocycles. The van der Waals surface area contributed by atoms with E-state index in [-0.39, 0.29) is 5.91 Å². The minimum atomic E-state index is -0.0558. The molecule has 4 nitrogen and oxygen atoms in total. The van der Waals surface area contributed by atoms with Crippen LogP contribution >= 0.6 is 11.8 Å². The maximum atomic E-state index is 11.4. The predicted molar refractivity (Wildman–Crippen MR) is 69.6 cm³/mol. The molecule has 90 valence electrons. The quantitative estimate of drug-likeness (QED) is 0.473. The summed E-state index contributed by atoms with van der Waals surface area (Å²) in [5, 5.41) is 11.0. The summed E-state index contributed by atoms with van der Waals surface area (Å²) >= 11 is 1.46. The molecule has 0 unspecified atom stereocenters. The van der Waals surface area contributed by atoms with Gasteiger partial charge in [-0.3, -0.25) is 4.79 Å². The topological polar surface area (TPSA) is 78.9 Å². The molecule has 0 atom stereocenters. The Hall–Kier alpha value is -1.67. The minimum absolute atomic E-state index is 0.0558. The molecule has 0 spiro atoms. The van der Waals surface area contributed by atoms with Crippen LogP contribution in [0.5, 0.6) is 0 Å². The number of nitrogens with two attached hydrogens (primary N) is 1. The second-order valence-corrected chi connectivity index (χ2v) is 4.61. The number of thioether (sulfide) groups is 1. The first kappa shape index (κ1) is 13.4. The Labute approximate surface area is 105 Å². The highest BCUT2D eigenvalue weighted by molar-refractivity contribution is 8.00. The Morgan fingerprint density at radius 1 is 1.59 bits per heavy atom. The normalized spacial score (nSPS) is 9.65. The van der Waals surface area contributed by atoms with E-state index in [1.54, 1.807) is 0 Å². The monoisotopic (exact) mass is 249 g/mol. The third-order valence-corrected chi connectivity index (χ3v) is 3.16. The molecule has 0 heterocycles. The number of rotatable bonds is 5. The van der Waals surface area contributed by atoms with Crippen LogP contribution in [0.1, 0.15) is 12.0 Å². The zero-order chi connectivity index (χ0) is 12.7. The van der Waals surface area contributed by atoms with Crippen molar-refractivity contribution in [3.8, 4) is 6.07 Å². The van der Waals surface area contributed by atoms with Crippen molar-refractivity contribution in [2.45, 2.75) is 18.2 Å². The molecule has 3 N–H and O–H groups in total. The number of nitrogens with one attached hydrogen (secondary N) is 1. The van der Waals surface area contributed by atoms with Crippen molar-refractivity contribution in [3.05, 3.63) is 23.8 Å². The van der Waals surface area contributed by atoms with E-state index < -0.39 is 0 Å². The molecule has 0 saturated heterocycles. The number of amides is 1. The van der Waals surface area contributed by atoms with Crippen LogP contribution in [0, 0.1) is 18.3 Å². The largest absolute Gasteiger partial charge is 0.399 e.